The third-order valence-electron chi connectivity index (χ3n) is 6.34. The fraction of sp³-hybridized carbons (Fsp3) is 0.478. The third kappa shape index (κ3) is 3.38. The SMILES string of the molecule is O=c1c2c3c(sc2n(CCN2CCCC2)c(=O)n1-c1ccccc1)CCCCC3. The Bertz CT molecular complexity index is 1140. The monoisotopic (exact) mass is 409 g/mol. The summed E-state index contributed by atoms with van der Waals surface area (Å²) >= 11 is 1.69. The molecule has 0 amide bonds. The van der Waals surface area contributed by atoms with E-state index in [2.05, 4.69) is 4.90 Å². The van der Waals surface area contributed by atoms with Crippen LogP contribution in [0.3, 0.4) is 0 Å². The number of hydrogen-bond donors (Lipinski definition) is 0. The van der Waals surface area contributed by atoms with Crippen molar-refractivity contribution >= 4 is 21.6 Å². The lowest BCUT2D eigenvalue weighted by atomic mass is 10.1. The quantitative estimate of drug-likeness (QED) is 0.619. The van der Waals surface area contributed by atoms with Gasteiger partial charge in [-0.2, -0.15) is 0 Å². The van der Waals surface area contributed by atoms with Gasteiger partial charge in [0.15, 0.2) is 0 Å². The van der Waals surface area contributed by atoms with Crippen molar-refractivity contribution in [3.8, 4) is 5.69 Å². The molecule has 3 heterocycles. The molecule has 1 aliphatic heterocycles. The molecule has 0 unspecified atom stereocenters. The van der Waals surface area contributed by atoms with E-state index in [4.69, 9.17) is 0 Å². The minimum Gasteiger partial charge on any atom is -0.302 e. The molecule has 0 saturated carbocycles. The molecule has 29 heavy (non-hydrogen) atoms. The van der Waals surface area contributed by atoms with Gasteiger partial charge in [0, 0.05) is 18.0 Å². The zero-order valence-electron chi connectivity index (χ0n) is 16.7. The number of rotatable bonds is 4. The first-order chi connectivity index (χ1) is 14.2. The van der Waals surface area contributed by atoms with Crippen molar-refractivity contribution in [2.24, 2.45) is 0 Å². The van der Waals surface area contributed by atoms with E-state index in [0.29, 0.717) is 12.2 Å². The van der Waals surface area contributed by atoms with E-state index in [-0.39, 0.29) is 11.2 Å². The Labute approximate surface area is 174 Å². The molecule has 5 nitrogen and oxygen atoms in total. The molecule has 152 valence electrons. The second-order valence-electron chi connectivity index (χ2n) is 8.20. The first-order valence-corrected chi connectivity index (χ1v) is 11.6. The Morgan fingerprint density at radius 2 is 1.62 bits per heavy atom. The Kier molecular flexibility index (Phi) is 5.14. The number of aromatic nitrogens is 2. The number of fused-ring (bicyclic) bond motifs is 3. The van der Waals surface area contributed by atoms with Crippen LogP contribution in [0.4, 0.5) is 0 Å². The van der Waals surface area contributed by atoms with E-state index >= 15 is 0 Å². The molecule has 0 N–H and O–H groups in total. The second-order valence-corrected chi connectivity index (χ2v) is 9.29. The summed E-state index contributed by atoms with van der Waals surface area (Å²) in [6.45, 7) is 3.72. The van der Waals surface area contributed by atoms with E-state index in [9.17, 15) is 9.59 Å². The van der Waals surface area contributed by atoms with Gasteiger partial charge in [0.1, 0.15) is 4.83 Å². The predicted molar refractivity (Wildman–Crippen MR) is 119 cm³/mol. The molecule has 0 radical (unpaired) electrons. The predicted octanol–water partition coefficient (Wildman–Crippen LogP) is 3.58. The first-order valence-electron chi connectivity index (χ1n) is 10.8. The first kappa shape index (κ1) is 18.8. The summed E-state index contributed by atoms with van der Waals surface area (Å²) in [5.41, 5.74) is 1.51. The maximum atomic E-state index is 13.6. The van der Waals surface area contributed by atoms with Gasteiger partial charge in [-0.1, -0.05) is 24.6 Å². The zero-order valence-corrected chi connectivity index (χ0v) is 17.5. The van der Waals surface area contributed by atoms with Crippen LogP contribution in [0.5, 0.6) is 0 Å². The van der Waals surface area contributed by atoms with Crippen LogP contribution in [-0.4, -0.2) is 33.7 Å². The normalized spacial score (nSPS) is 17.5. The summed E-state index contributed by atoms with van der Waals surface area (Å²) in [5.74, 6) is 0. The minimum absolute atomic E-state index is 0.145. The zero-order chi connectivity index (χ0) is 19.8. The highest BCUT2D eigenvalue weighted by atomic mass is 32.1. The average Bonchev–Trinajstić information content (AvgIpc) is 3.31. The number of nitrogens with zero attached hydrogens (tertiary/aromatic N) is 3. The summed E-state index contributed by atoms with van der Waals surface area (Å²) < 4.78 is 3.27. The molecule has 2 aliphatic rings. The van der Waals surface area contributed by atoms with Gasteiger partial charge in [0.2, 0.25) is 0 Å². The molecule has 0 spiro atoms. The summed E-state index contributed by atoms with van der Waals surface area (Å²) in [6, 6.07) is 9.38. The van der Waals surface area contributed by atoms with Crippen LogP contribution >= 0.6 is 11.3 Å². The van der Waals surface area contributed by atoms with Gasteiger partial charge in [0.25, 0.3) is 5.56 Å². The molecule has 5 rings (SSSR count). The molecular formula is C23H27N3O2S. The number of para-hydroxylation sites is 1. The van der Waals surface area contributed by atoms with Crippen LogP contribution in [0.1, 0.15) is 42.5 Å². The standard InChI is InChI=1S/C23H27N3O2S/c27-21-20-18-11-5-2-6-12-19(18)29-22(20)25(16-15-24-13-7-8-14-24)23(28)26(21)17-9-3-1-4-10-17/h1,3-4,9-10H,2,5-8,11-16H2. The topological polar surface area (TPSA) is 47.2 Å². The fourth-order valence-corrected chi connectivity index (χ4v) is 6.19. The molecule has 3 aromatic rings. The molecule has 1 saturated heterocycles. The van der Waals surface area contributed by atoms with Crippen LogP contribution in [0, 0.1) is 0 Å². The Balaban J connectivity index is 1.72. The van der Waals surface area contributed by atoms with Gasteiger partial charge in [0.05, 0.1) is 11.1 Å². The molecule has 0 bridgehead atoms. The lowest BCUT2D eigenvalue weighted by Gasteiger charge is -2.17. The number of hydrogen-bond acceptors (Lipinski definition) is 4. The van der Waals surface area contributed by atoms with Crippen molar-refractivity contribution in [2.75, 3.05) is 19.6 Å². The number of aryl methyl sites for hydroxylation is 2. The molecule has 1 fully saturated rings. The van der Waals surface area contributed by atoms with Crippen LogP contribution in [0.2, 0.25) is 0 Å². The minimum atomic E-state index is -0.204. The van der Waals surface area contributed by atoms with Crippen molar-refractivity contribution in [3.05, 3.63) is 61.6 Å². The van der Waals surface area contributed by atoms with Crippen molar-refractivity contribution in [3.63, 3.8) is 0 Å². The van der Waals surface area contributed by atoms with Crippen molar-refractivity contribution < 1.29 is 0 Å². The highest BCUT2D eigenvalue weighted by Gasteiger charge is 2.24. The molecule has 6 heteroatoms. The van der Waals surface area contributed by atoms with Gasteiger partial charge in [-0.25, -0.2) is 9.36 Å². The maximum absolute atomic E-state index is 13.6. The van der Waals surface area contributed by atoms with E-state index < -0.39 is 0 Å². The molecular weight excluding hydrogens is 382 g/mol. The third-order valence-corrected chi connectivity index (χ3v) is 7.65. The average molecular weight is 410 g/mol. The lowest BCUT2D eigenvalue weighted by Crippen LogP contribution is -2.40. The fourth-order valence-electron chi connectivity index (χ4n) is 4.79. The maximum Gasteiger partial charge on any atom is 0.336 e. The molecule has 2 aromatic heterocycles. The summed E-state index contributed by atoms with van der Waals surface area (Å²) in [4.78, 5) is 31.7. The van der Waals surface area contributed by atoms with Crippen molar-refractivity contribution in [1.29, 1.82) is 0 Å². The van der Waals surface area contributed by atoms with Gasteiger partial charge in [-0.05, 0) is 69.3 Å². The van der Waals surface area contributed by atoms with E-state index in [0.717, 1.165) is 49.1 Å². The summed E-state index contributed by atoms with van der Waals surface area (Å²) in [7, 11) is 0. The van der Waals surface area contributed by atoms with Crippen LogP contribution in [-0.2, 0) is 19.4 Å². The highest BCUT2D eigenvalue weighted by Crippen LogP contribution is 2.33. The summed E-state index contributed by atoms with van der Waals surface area (Å²) in [6.07, 6.45) is 7.96. The number of thiophene rings is 1. The largest absolute Gasteiger partial charge is 0.336 e. The van der Waals surface area contributed by atoms with E-state index in [1.807, 2.05) is 34.9 Å². The lowest BCUT2D eigenvalue weighted by molar-refractivity contribution is 0.321. The van der Waals surface area contributed by atoms with E-state index in [1.54, 1.807) is 11.3 Å². The van der Waals surface area contributed by atoms with Crippen LogP contribution in [0.25, 0.3) is 15.9 Å². The Hall–Kier alpha value is -2.18. The van der Waals surface area contributed by atoms with Gasteiger partial charge < -0.3 is 4.90 Å². The highest BCUT2D eigenvalue weighted by molar-refractivity contribution is 7.18. The van der Waals surface area contributed by atoms with Gasteiger partial charge in [-0.3, -0.25) is 9.36 Å². The molecule has 1 aromatic carbocycles. The Morgan fingerprint density at radius 1 is 0.862 bits per heavy atom. The molecule has 0 atom stereocenters. The second kappa shape index (κ2) is 7.92. The van der Waals surface area contributed by atoms with Crippen molar-refractivity contribution in [1.82, 2.24) is 14.0 Å². The van der Waals surface area contributed by atoms with Gasteiger partial charge in [-0.15, -0.1) is 11.3 Å². The smallest absolute Gasteiger partial charge is 0.302 e. The molecule has 1 aliphatic carbocycles. The van der Waals surface area contributed by atoms with E-state index in [1.165, 1.54) is 40.7 Å². The van der Waals surface area contributed by atoms with Crippen LogP contribution in [0.15, 0.2) is 39.9 Å². The van der Waals surface area contributed by atoms with Crippen LogP contribution < -0.4 is 11.2 Å². The summed E-state index contributed by atoms with van der Waals surface area (Å²) in [5, 5.41) is 0.789. The number of likely N-dealkylation sites (tertiary alicyclic amines) is 1. The number of benzene rings is 1. The Morgan fingerprint density at radius 3 is 2.41 bits per heavy atom. The van der Waals surface area contributed by atoms with Crippen molar-refractivity contribution in [2.45, 2.75) is 51.5 Å². The van der Waals surface area contributed by atoms with Gasteiger partial charge >= 0.3 is 5.69 Å².